The van der Waals surface area contributed by atoms with Gasteiger partial charge in [-0.2, -0.15) is 0 Å². The minimum absolute atomic E-state index is 0.0509. The van der Waals surface area contributed by atoms with Crippen LogP contribution in [0, 0.1) is 0 Å². The van der Waals surface area contributed by atoms with Crippen LogP contribution < -0.4 is 10.1 Å². The van der Waals surface area contributed by atoms with E-state index in [4.69, 9.17) is 9.47 Å². The number of nitrogens with one attached hydrogen (secondary N) is 1. The zero-order valence-corrected chi connectivity index (χ0v) is 13.5. The number of carbonyl (C=O) groups is 1. The molecule has 1 aromatic carbocycles. The molecule has 3 rings (SSSR count). The highest BCUT2D eigenvalue weighted by atomic mass is 16.5. The maximum atomic E-state index is 11.8. The Kier molecular flexibility index (Phi) is 5.12. The second kappa shape index (κ2) is 7.46. The highest BCUT2D eigenvalue weighted by Gasteiger charge is 2.16. The lowest BCUT2D eigenvalue weighted by Crippen LogP contribution is -2.31. The molecule has 1 aliphatic rings. The van der Waals surface area contributed by atoms with Crippen molar-refractivity contribution >= 4 is 16.8 Å². The molecule has 124 valence electrons. The average molecular weight is 317 g/mol. The van der Waals surface area contributed by atoms with Gasteiger partial charge in [0.1, 0.15) is 0 Å². The number of ether oxygens (including phenoxy) is 2. The molecule has 1 fully saturated rings. The Hall–Kier alpha value is -2.08. The fraction of sp³-hybridized carbons (Fsp3) is 0.529. The number of para-hydroxylation sites is 1. The highest BCUT2D eigenvalue weighted by Crippen LogP contribution is 2.23. The molecule has 1 amide bonds. The molecule has 0 spiro atoms. The zero-order valence-electron chi connectivity index (χ0n) is 13.5. The van der Waals surface area contributed by atoms with Crippen LogP contribution in [0.15, 0.2) is 24.3 Å². The molecule has 1 atom stereocenters. The predicted octanol–water partition coefficient (Wildman–Crippen LogP) is 2.03. The molecule has 1 aromatic heterocycles. The molecule has 6 nitrogen and oxygen atoms in total. The maximum absolute atomic E-state index is 11.8. The number of hydrogen-bond donors (Lipinski definition) is 1. The molecule has 2 aromatic rings. The first-order valence-electron chi connectivity index (χ1n) is 8.17. The highest BCUT2D eigenvalue weighted by molar-refractivity contribution is 5.84. The minimum Gasteiger partial charge on any atom is -0.476 e. The van der Waals surface area contributed by atoms with E-state index in [1.807, 2.05) is 31.3 Å². The first-order chi connectivity index (χ1) is 11.2. The van der Waals surface area contributed by atoms with Gasteiger partial charge < -0.3 is 14.8 Å². The molecule has 1 aliphatic heterocycles. The van der Waals surface area contributed by atoms with Crippen molar-refractivity contribution < 1.29 is 14.3 Å². The number of hydrogen-bond acceptors (Lipinski definition) is 4. The van der Waals surface area contributed by atoms with Crippen LogP contribution in [0.1, 0.15) is 25.7 Å². The van der Waals surface area contributed by atoms with E-state index < -0.39 is 0 Å². The van der Waals surface area contributed by atoms with Gasteiger partial charge in [0.2, 0.25) is 11.8 Å². The van der Waals surface area contributed by atoms with Gasteiger partial charge in [0.15, 0.2) is 0 Å². The predicted molar refractivity (Wildman–Crippen MR) is 87.4 cm³/mol. The van der Waals surface area contributed by atoms with E-state index in [1.165, 1.54) is 0 Å². The van der Waals surface area contributed by atoms with Crippen molar-refractivity contribution in [3.8, 4) is 5.88 Å². The molecule has 1 saturated heterocycles. The van der Waals surface area contributed by atoms with Crippen LogP contribution in [-0.2, 0) is 16.6 Å². The second-order valence-electron chi connectivity index (χ2n) is 5.84. The van der Waals surface area contributed by atoms with Crippen LogP contribution in [0.4, 0.5) is 0 Å². The van der Waals surface area contributed by atoms with Gasteiger partial charge in [-0.25, -0.2) is 0 Å². The smallest absolute Gasteiger partial charge is 0.240 e. The monoisotopic (exact) mass is 317 g/mol. The lowest BCUT2D eigenvalue weighted by molar-refractivity contribution is -0.121. The van der Waals surface area contributed by atoms with Crippen molar-refractivity contribution in [2.24, 2.45) is 7.05 Å². The van der Waals surface area contributed by atoms with Crippen LogP contribution in [0.3, 0.4) is 0 Å². The fourth-order valence-electron chi connectivity index (χ4n) is 2.81. The van der Waals surface area contributed by atoms with Gasteiger partial charge in [-0.15, -0.1) is 5.10 Å². The van der Waals surface area contributed by atoms with E-state index in [1.54, 1.807) is 4.68 Å². The standard InChI is InChI=1S/C17H23N3O3/c1-20-15-8-3-2-7-14(15)17(19-20)23-11-5-9-16(21)18-12-13-6-4-10-22-13/h2-3,7-8,13H,4-6,9-12H2,1H3,(H,18,21)/t13-/m0/s1. The van der Waals surface area contributed by atoms with E-state index in [9.17, 15) is 4.79 Å². The SMILES string of the molecule is Cn1nc(OCCCC(=O)NC[C@@H]2CCCO2)c2ccccc21. The van der Waals surface area contributed by atoms with Crippen molar-refractivity contribution in [2.75, 3.05) is 19.8 Å². The zero-order chi connectivity index (χ0) is 16.1. The number of rotatable bonds is 7. The fourth-order valence-corrected chi connectivity index (χ4v) is 2.81. The molecular weight excluding hydrogens is 294 g/mol. The van der Waals surface area contributed by atoms with Crippen LogP contribution in [-0.4, -0.2) is 41.6 Å². The maximum Gasteiger partial charge on any atom is 0.240 e. The Balaban J connectivity index is 1.39. The van der Waals surface area contributed by atoms with Crippen molar-refractivity contribution in [1.29, 1.82) is 0 Å². The second-order valence-corrected chi connectivity index (χ2v) is 5.84. The lowest BCUT2D eigenvalue weighted by Gasteiger charge is -2.10. The Morgan fingerprint density at radius 2 is 2.35 bits per heavy atom. The van der Waals surface area contributed by atoms with Gasteiger partial charge in [-0.05, 0) is 31.4 Å². The molecular formula is C17H23N3O3. The quantitative estimate of drug-likeness (QED) is 0.794. The molecule has 2 heterocycles. The summed E-state index contributed by atoms with van der Waals surface area (Å²) in [5, 5.41) is 8.29. The molecule has 6 heteroatoms. The summed E-state index contributed by atoms with van der Waals surface area (Å²) >= 11 is 0. The van der Waals surface area contributed by atoms with Gasteiger partial charge in [0.05, 0.1) is 23.6 Å². The molecule has 0 saturated carbocycles. The third-order valence-corrected chi connectivity index (χ3v) is 4.06. The van der Waals surface area contributed by atoms with Crippen molar-refractivity contribution in [2.45, 2.75) is 31.8 Å². The molecule has 0 aliphatic carbocycles. The summed E-state index contributed by atoms with van der Waals surface area (Å²) in [6, 6.07) is 7.95. The van der Waals surface area contributed by atoms with Gasteiger partial charge in [-0.3, -0.25) is 9.48 Å². The number of aryl methyl sites for hydroxylation is 1. The Labute approximate surface area is 135 Å². The van der Waals surface area contributed by atoms with Crippen molar-refractivity contribution in [3.63, 3.8) is 0 Å². The number of fused-ring (bicyclic) bond motifs is 1. The van der Waals surface area contributed by atoms with E-state index >= 15 is 0 Å². The first kappa shape index (κ1) is 15.8. The third-order valence-electron chi connectivity index (χ3n) is 4.06. The van der Waals surface area contributed by atoms with Crippen LogP contribution in [0.25, 0.3) is 10.9 Å². The minimum atomic E-state index is 0.0509. The first-order valence-corrected chi connectivity index (χ1v) is 8.17. The van der Waals surface area contributed by atoms with E-state index in [0.29, 0.717) is 31.9 Å². The third kappa shape index (κ3) is 4.01. The number of aromatic nitrogens is 2. The normalized spacial score (nSPS) is 17.5. The molecule has 0 radical (unpaired) electrons. The van der Waals surface area contributed by atoms with Gasteiger partial charge in [0.25, 0.3) is 0 Å². The summed E-state index contributed by atoms with van der Waals surface area (Å²) in [6.45, 7) is 1.91. The Morgan fingerprint density at radius 1 is 1.48 bits per heavy atom. The Bertz CT molecular complexity index is 662. The summed E-state index contributed by atoms with van der Waals surface area (Å²) in [7, 11) is 1.90. The lowest BCUT2D eigenvalue weighted by atomic mass is 10.2. The average Bonchev–Trinajstić information content (AvgIpc) is 3.19. The largest absolute Gasteiger partial charge is 0.476 e. The molecule has 23 heavy (non-hydrogen) atoms. The summed E-state index contributed by atoms with van der Waals surface area (Å²) in [4.78, 5) is 11.8. The number of carbonyl (C=O) groups excluding carboxylic acids is 1. The van der Waals surface area contributed by atoms with E-state index in [2.05, 4.69) is 10.4 Å². The molecule has 0 bridgehead atoms. The van der Waals surface area contributed by atoms with E-state index in [-0.39, 0.29) is 12.0 Å². The van der Waals surface area contributed by atoms with Crippen molar-refractivity contribution in [3.05, 3.63) is 24.3 Å². The summed E-state index contributed by atoms with van der Waals surface area (Å²) in [6.07, 6.45) is 3.44. The summed E-state index contributed by atoms with van der Waals surface area (Å²) in [5.41, 5.74) is 1.04. The number of benzene rings is 1. The topological polar surface area (TPSA) is 65.4 Å². The van der Waals surface area contributed by atoms with Gasteiger partial charge in [-0.1, -0.05) is 12.1 Å². The molecule has 0 unspecified atom stereocenters. The van der Waals surface area contributed by atoms with Crippen LogP contribution in [0.5, 0.6) is 5.88 Å². The number of nitrogens with zero attached hydrogens (tertiary/aromatic N) is 2. The van der Waals surface area contributed by atoms with Crippen LogP contribution >= 0.6 is 0 Å². The summed E-state index contributed by atoms with van der Waals surface area (Å²) < 4.78 is 13.0. The summed E-state index contributed by atoms with van der Waals surface area (Å²) in [5.74, 6) is 0.679. The molecule has 1 N–H and O–H groups in total. The van der Waals surface area contributed by atoms with E-state index in [0.717, 1.165) is 30.4 Å². The Morgan fingerprint density at radius 3 is 3.17 bits per heavy atom. The van der Waals surface area contributed by atoms with Crippen molar-refractivity contribution in [1.82, 2.24) is 15.1 Å². The number of amides is 1. The van der Waals surface area contributed by atoms with Gasteiger partial charge >= 0.3 is 0 Å². The van der Waals surface area contributed by atoms with Gasteiger partial charge in [0, 0.05) is 26.6 Å². The van der Waals surface area contributed by atoms with Crippen LogP contribution in [0.2, 0.25) is 0 Å².